The first kappa shape index (κ1) is 40.5. The largest absolute Gasteiger partial charge is 0.394 e. The van der Waals surface area contributed by atoms with Crippen LogP contribution in [0, 0.1) is 5.92 Å². The van der Waals surface area contributed by atoms with Crippen molar-refractivity contribution >= 4 is 35.8 Å². The van der Waals surface area contributed by atoms with Crippen LogP contribution in [0.4, 0.5) is 0 Å². The number of rotatable bonds is 11. The molecular formula is C24H34O24. The van der Waals surface area contributed by atoms with Crippen molar-refractivity contribution in [1.82, 2.24) is 0 Å². The molecule has 2 fully saturated rings. The minimum Gasteiger partial charge on any atom is -0.394 e. The van der Waals surface area contributed by atoms with Crippen LogP contribution in [0.15, 0.2) is 0 Å². The lowest BCUT2D eigenvalue weighted by atomic mass is 9.73. The molecule has 0 aromatic rings. The average molecular weight is 707 g/mol. The van der Waals surface area contributed by atoms with E-state index >= 15 is 0 Å². The SMILES string of the molecule is CC(=O)OOC(=O)CC(O)(C(=O)OOC(C)=O)C(C(=O)OOC(C)=O)[C@@]1(OC2(CO)O[C@H](CO)[C@@H](O)[C@@H]2O)O[C@H](CO)[C@@H](O)[C@H](O)[C@H]1O. The molecule has 0 aliphatic carbocycles. The molecule has 3 unspecified atom stereocenters. The molecule has 0 saturated carbocycles. The average Bonchev–Trinajstić information content (AvgIpc) is 3.26. The topological polar surface area (TPSA) is 368 Å². The van der Waals surface area contributed by atoms with Crippen LogP contribution in [0.1, 0.15) is 27.2 Å². The molecule has 274 valence electrons. The van der Waals surface area contributed by atoms with Crippen molar-refractivity contribution in [2.75, 3.05) is 19.8 Å². The zero-order valence-corrected chi connectivity index (χ0v) is 25.1. The number of aliphatic hydroxyl groups excluding tert-OH is 8. The molecule has 2 heterocycles. The van der Waals surface area contributed by atoms with Crippen LogP contribution >= 0.6 is 0 Å². The van der Waals surface area contributed by atoms with Crippen molar-refractivity contribution in [2.24, 2.45) is 5.92 Å². The maximum atomic E-state index is 13.7. The Balaban J connectivity index is 3.02. The quantitative estimate of drug-likeness (QED) is 0.0711. The molecule has 9 N–H and O–H groups in total. The van der Waals surface area contributed by atoms with Crippen molar-refractivity contribution < 1.29 is 118 Å². The highest BCUT2D eigenvalue weighted by atomic mass is 17.2. The maximum Gasteiger partial charge on any atom is 0.388 e. The molecule has 48 heavy (non-hydrogen) atoms. The molecule has 2 saturated heterocycles. The molecule has 24 nitrogen and oxygen atoms in total. The lowest BCUT2D eigenvalue weighted by Gasteiger charge is -2.54. The van der Waals surface area contributed by atoms with Crippen molar-refractivity contribution in [3.05, 3.63) is 0 Å². The predicted octanol–water partition coefficient (Wildman–Crippen LogP) is -7.22. The first-order valence-corrected chi connectivity index (χ1v) is 13.4. The van der Waals surface area contributed by atoms with E-state index in [-0.39, 0.29) is 0 Å². The summed E-state index contributed by atoms with van der Waals surface area (Å²) >= 11 is 0. The molecule has 0 bridgehead atoms. The number of hydrogen-bond acceptors (Lipinski definition) is 24. The zero-order chi connectivity index (χ0) is 36.8. The molecule has 2 rings (SSSR count). The van der Waals surface area contributed by atoms with Crippen molar-refractivity contribution in [3.63, 3.8) is 0 Å². The molecule has 2 aliphatic heterocycles. The molecule has 0 radical (unpaired) electrons. The molecule has 24 heteroatoms. The summed E-state index contributed by atoms with van der Waals surface area (Å²) in [5.74, 6) is -21.4. The van der Waals surface area contributed by atoms with E-state index in [0.29, 0.717) is 13.8 Å². The van der Waals surface area contributed by atoms with Crippen LogP contribution in [0.3, 0.4) is 0 Å². The number of aliphatic hydroxyl groups is 9. The first-order chi connectivity index (χ1) is 22.3. The van der Waals surface area contributed by atoms with Crippen molar-refractivity contribution in [3.8, 4) is 0 Å². The second-order valence-electron chi connectivity index (χ2n) is 10.3. The lowest BCUT2D eigenvalue weighted by Crippen LogP contribution is -2.76. The highest BCUT2D eigenvalue weighted by Crippen LogP contribution is 2.48. The first-order valence-electron chi connectivity index (χ1n) is 13.4. The fraction of sp³-hybridized carbons (Fsp3) is 0.750. The summed E-state index contributed by atoms with van der Waals surface area (Å²) in [5, 5.41) is 95.5. The van der Waals surface area contributed by atoms with Gasteiger partial charge in [-0.1, -0.05) is 0 Å². The fourth-order valence-electron chi connectivity index (χ4n) is 4.73. The Kier molecular flexibility index (Phi) is 13.6. The summed E-state index contributed by atoms with van der Waals surface area (Å²) in [5.41, 5.74) is -4.14. The van der Waals surface area contributed by atoms with Gasteiger partial charge in [0.15, 0.2) is 11.5 Å². The van der Waals surface area contributed by atoms with Gasteiger partial charge in [-0.05, 0) is 0 Å². The van der Waals surface area contributed by atoms with E-state index in [1.54, 1.807) is 0 Å². The van der Waals surface area contributed by atoms with E-state index in [1.165, 1.54) is 0 Å². The van der Waals surface area contributed by atoms with E-state index in [9.17, 15) is 74.7 Å². The van der Waals surface area contributed by atoms with Crippen LogP contribution in [0.25, 0.3) is 0 Å². The normalized spacial score (nSPS) is 33.4. The van der Waals surface area contributed by atoms with Gasteiger partial charge in [0.2, 0.25) is 11.6 Å². The van der Waals surface area contributed by atoms with E-state index in [0.717, 1.165) is 6.92 Å². The lowest BCUT2D eigenvalue weighted by molar-refractivity contribution is -0.454. The third kappa shape index (κ3) is 8.31. The Bertz CT molecular complexity index is 1210. The summed E-state index contributed by atoms with van der Waals surface area (Å²) in [6.45, 7) is -2.09. The summed E-state index contributed by atoms with van der Waals surface area (Å²) in [4.78, 5) is 98.7. The van der Waals surface area contributed by atoms with Crippen LogP contribution in [0.5, 0.6) is 0 Å². The molecular weight excluding hydrogens is 672 g/mol. The van der Waals surface area contributed by atoms with Gasteiger partial charge in [0.1, 0.15) is 49.3 Å². The van der Waals surface area contributed by atoms with Gasteiger partial charge in [0.25, 0.3) is 0 Å². The molecule has 2 aliphatic rings. The van der Waals surface area contributed by atoms with Gasteiger partial charge >= 0.3 is 35.8 Å². The van der Waals surface area contributed by atoms with Crippen molar-refractivity contribution in [1.29, 1.82) is 0 Å². The van der Waals surface area contributed by atoms with Gasteiger partial charge < -0.3 is 60.2 Å². The van der Waals surface area contributed by atoms with E-state index in [1.807, 2.05) is 0 Å². The monoisotopic (exact) mass is 706 g/mol. The van der Waals surface area contributed by atoms with Gasteiger partial charge in [0.05, 0.1) is 19.6 Å². The smallest absolute Gasteiger partial charge is 0.388 e. The van der Waals surface area contributed by atoms with E-state index in [4.69, 9.17) is 14.2 Å². The number of ether oxygens (including phenoxy) is 3. The Morgan fingerprint density at radius 3 is 1.67 bits per heavy atom. The summed E-state index contributed by atoms with van der Waals surface area (Å²) < 4.78 is 16.2. The molecule has 0 amide bonds. The Morgan fingerprint density at radius 1 is 0.688 bits per heavy atom. The maximum absolute atomic E-state index is 13.7. The Morgan fingerprint density at radius 2 is 1.19 bits per heavy atom. The van der Waals surface area contributed by atoms with Crippen LogP contribution < -0.4 is 0 Å². The van der Waals surface area contributed by atoms with Crippen LogP contribution in [0.2, 0.25) is 0 Å². The number of carbonyl (C=O) groups excluding carboxylic acids is 6. The minimum absolute atomic E-state index is 0.653. The second kappa shape index (κ2) is 16.2. The summed E-state index contributed by atoms with van der Waals surface area (Å²) in [6.07, 6.45) is -18.9. The van der Waals surface area contributed by atoms with E-state index in [2.05, 4.69) is 29.3 Å². The second-order valence-corrected chi connectivity index (χ2v) is 10.3. The highest BCUT2D eigenvalue weighted by molar-refractivity contribution is 5.92. The van der Waals surface area contributed by atoms with Crippen molar-refractivity contribution in [2.45, 2.75) is 87.1 Å². The third-order valence-corrected chi connectivity index (χ3v) is 6.83. The fourth-order valence-corrected chi connectivity index (χ4v) is 4.73. The van der Waals surface area contributed by atoms with Gasteiger partial charge in [-0.2, -0.15) is 0 Å². The highest BCUT2D eigenvalue weighted by Gasteiger charge is 2.73. The van der Waals surface area contributed by atoms with Gasteiger partial charge in [-0.3, -0.25) is 0 Å². The molecule has 11 atom stereocenters. The number of carbonyl (C=O) groups is 6. The Labute approximate surface area is 267 Å². The summed E-state index contributed by atoms with van der Waals surface area (Å²) in [6, 6.07) is 0. The zero-order valence-electron chi connectivity index (χ0n) is 25.1. The predicted molar refractivity (Wildman–Crippen MR) is 134 cm³/mol. The molecule has 0 spiro atoms. The summed E-state index contributed by atoms with van der Waals surface area (Å²) in [7, 11) is 0. The van der Waals surface area contributed by atoms with E-state index < -0.39 is 128 Å². The van der Waals surface area contributed by atoms with Gasteiger partial charge in [0, 0.05) is 20.8 Å². The standard InChI is InChI=1S/C24H34O24/c1-8(28)42-45-13(31)4-22(39,21(38)47-44-10(3)30)17(20(37)46-43-9(2)29)24(19(36)16(34)14(32)11(5-25)41-24)48-23(7-27)18(35)15(33)12(6-26)40-23/h11-12,14-19,25-27,32-36,39H,4-7H2,1-3H3/t11-,12-,14-,15-,16+,17?,18+,19-,22?,23?,24+/m1/s1. The third-order valence-electron chi connectivity index (χ3n) is 6.83. The minimum atomic E-state index is -4.14. The molecule has 0 aromatic heterocycles. The Hall–Kier alpha value is -3.66. The number of hydrogen-bond donors (Lipinski definition) is 9. The van der Waals surface area contributed by atoms with Crippen LogP contribution in [-0.2, 0) is 72.3 Å². The van der Waals surface area contributed by atoms with Crippen LogP contribution in [-0.4, -0.2) is 161 Å². The van der Waals surface area contributed by atoms with Gasteiger partial charge in [-0.25, -0.2) is 58.1 Å². The molecule has 0 aromatic carbocycles. The van der Waals surface area contributed by atoms with Gasteiger partial charge in [-0.15, -0.1) is 0 Å².